The normalized spacial score (nSPS) is 14.0. The Bertz CT molecular complexity index is 1170. The highest BCUT2D eigenvalue weighted by Crippen LogP contribution is 2.36. The zero-order valence-electron chi connectivity index (χ0n) is 18.3. The van der Waals surface area contributed by atoms with Crippen LogP contribution in [-0.2, 0) is 25.8 Å². The number of anilines is 2. The number of methoxy groups -OCH3 is 2. The van der Waals surface area contributed by atoms with Crippen molar-refractivity contribution >= 4 is 44.6 Å². The van der Waals surface area contributed by atoms with Crippen LogP contribution in [0.25, 0.3) is 0 Å². The number of sulfone groups is 1. The third kappa shape index (κ3) is 4.68. The molecule has 1 atom stereocenters. The molecule has 172 valence electrons. The molecular formula is C22H25ClN2O6S. The van der Waals surface area contributed by atoms with E-state index < -0.39 is 21.0 Å². The molecule has 2 aromatic rings. The van der Waals surface area contributed by atoms with Crippen molar-refractivity contribution in [3.63, 3.8) is 0 Å². The van der Waals surface area contributed by atoms with Crippen LogP contribution in [0.4, 0.5) is 11.4 Å². The van der Waals surface area contributed by atoms with Crippen molar-refractivity contribution in [2.45, 2.75) is 36.8 Å². The average Bonchev–Trinajstić information content (AvgIpc) is 3.17. The Morgan fingerprint density at radius 3 is 2.47 bits per heavy atom. The van der Waals surface area contributed by atoms with Crippen molar-refractivity contribution in [3.05, 3.63) is 40.9 Å². The van der Waals surface area contributed by atoms with Gasteiger partial charge in [0.15, 0.2) is 9.84 Å². The zero-order chi connectivity index (χ0) is 23.6. The minimum atomic E-state index is -3.76. The Hall–Kier alpha value is -2.78. The van der Waals surface area contributed by atoms with E-state index in [1.165, 1.54) is 46.3 Å². The van der Waals surface area contributed by atoms with E-state index in [1.54, 1.807) is 17.0 Å². The lowest BCUT2D eigenvalue weighted by Gasteiger charge is -2.17. The average molecular weight is 481 g/mol. The first-order chi connectivity index (χ1) is 15.1. The molecule has 0 radical (unpaired) electrons. The predicted molar refractivity (Wildman–Crippen MR) is 123 cm³/mol. The highest BCUT2D eigenvalue weighted by Gasteiger charge is 2.29. The van der Waals surface area contributed by atoms with E-state index in [0.717, 1.165) is 11.3 Å². The molecule has 3 rings (SSSR count). The number of rotatable bonds is 7. The van der Waals surface area contributed by atoms with Crippen LogP contribution >= 0.6 is 11.6 Å². The third-order valence-electron chi connectivity index (χ3n) is 5.41. The van der Waals surface area contributed by atoms with Gasteiger partial charge in [0.25, 0.3) is 0 Å². The molecule has 1 aliphatic rings. The van der Waals surface area contributed by atoms with Crippen LogP contribution in [0.1, 0.15) is 25.8 Å². The Morgan fingerprint density at radius 2 is 1.84 bits per heavy atom. The maximum absolute atomic E-state index is 13.1. The van der Waals surface area contributed by atoms with Gasteiger partial charge in [-0.05, 0) is 43.2 Å². The lowest BCUT2D eigenvalue weighted by Crippen LogP contribution is -2.26. The number of benzene rings is 2. The minimum Gasteiger partial charge on any atom is -0.495 e. The Morgan fingerprint density at radius 1 is 1.16 bits per heavy atom. The Balaban J connectivity index is 1.76. The molecule has 1 heterocycles. The highest BCUT2D eigenvalue weighted by molar-refractivity contribution is 7.92. The fourth-order valence-corrected chi connectivity index (χ4v) is 5.28. The number of halogens is 1. The topological polar surface area (TPSA) is 102 Å². The second-order valence-electron chi connectivity index (χ2n) is 7.51. The number of hydrogen-bond donors (Lipinski definition) is 1. The van der Waals surface area contributed by atoms with Gasteiger partial charge in [-0.25, -0.2) is 8.42 Å². The van der Waals surface area contributed by atoms with Crippen molar-refractivity contribution in [2.75, 3.05) is 31.0 Å². The predicted octanol–water partition coefficient (Wildman–Crippen LogP) is 3.46. The minimum absolute atomic E-state index is 0.0848. The summed E-state index contributed by atoms with van der Waals surface area (Å²) in [7, 11) is -0.864. The van der Waals surface area contributed by atoms with Gasteiger partial charge in [0, 0.05) is 31.6 Å². The summed E-state index contributed by atoms with van der Waals surface area (Å²) in [5.41, 5.74) is 1.84. The molecule has 0 spiro atoms. The zero-order valence-corrected chi connectivity index (χ0v) is 19.8. The molecule has 2 aromatic carbocycles. The summed E-state index contributed by atoms with van der Waals surface area (Å²) in [5.74, 6) is 0.143. The van der Waals surface area contributed by atoms with Crippen molar-refractivity contribution in [1.29, 1.82) is 0 Å². The van der Waals surface area contributed by atoms with Crippen LogP contribution in [0.3, 0.4) is 0 Å². The van der Waals surface area contributed by atoms with E-state index in [0.29, 0.717) is 30.2 Å². The highest BCUT2D eigenvalue weighted by atomic mass is 35.5. The van der Waals surface area contributed by atoms with Crippen LogP contribution in [0.5, 0.6) is 11.5 Å². The summed E-state index contributed by atoms with van der Waals surface area (Å²) < 4.78 is 36.5. The number of hydrogen-bond acceptors (Lipinski definition) is 6. The molecule has 0 fully saturated rings. The van der Waals surface area contributed by atoms with Gasteiger partial charge >= 0.3 is 0 Å². The first-order valence-corrected chi connectivity index (χ1v) is 11.9. The second kappa shape index (κ2) is 9.38. The van der Waals surface area contributed by atoms with Crippen LogP contribution in [0.15, 0.2) is 35.2 Å². The van der Waals surface area contributed by atoms with Gasteiger partial charge in [0.05, 0.1) is 35.1 Å². The molecule has 1 N–H and O–H groups in total. The summed E-state index contributed by atoms with van der Waals surface area (Å²) in [6.45, 7) is 3.49. The molecule has 8 nitrogen and oxygen atoms in total. The summed E-state index contributed by atoms with van der Waals surface area (Å²) in [4.78, 5) is 26.1. The number of nitrogens with one attached hydrogen (secondary N) is 1. The second-order valence-corrected chi connectivity index (χ2v) is 10.3. The fraction of sp³-hybridized carbons (Fsp3) is 0.364. The van der Waals surface area contributed by atoms with Crippen molar-refractivity contribution < 1.29 is 27.5 Å². The molecule has 32 heavy (non-hydrogen) atoms. The lowest BCUT2D eigenvalue weighted by molar-refractivity contribution is -0.117. The summed E-state index contributed by atoms with van der Waals surface area (Å²) in [6, 6.07) is 7.74. The van der Waals surface area contributed by atoms with E-state index in [9.17, 15) is 18.0 Å². The van der Waals surface area contributed by atoms with Gasteiger partial charge in [-0.15, -0.1) is 0 Å². The van der Waals surface area contributed by atoms with Gasteiger partial charge in [-0.3, -0.25) is 9.59 Å². The number of carbonyl (C=O) groups excluding carboxylic acids is 2. The fourth-order valence-electron chi connectivity index (χ4n) is 3.64. The number of ether oxygens (including phenoxy) is 2. The lowest BCUT2D eigenvalue weighted by atomic mass is 10.2. The van der Waals surface area contributed by atoms with E-state index in [-0.39, 0.29) is 22.2 Å². The van der Waals surface area contributed by atoms with E-state index in [4.69, 9.17) is 21.1 Å². The largest absolute Gasteiger partial charge is 0.495 e. The van der Waals surface area contributed by atoms with E-state index in [1.807, 2.05) is 0 Å². The molecule has 10 heteroatoms. The van der Waals surface area contributed by atoms with Crippen LogP contribution < -0.4 is 19.7 Å². The standard InChI is InChI=1S/C22H25ClN2O6S/c1-13(9-22(27)24-18-11-17(23)20(30-3)12-21(18)31-4)32(28,29)16-5-6-19-15(10-16)7-8-25(19)14(2)26/h5-6,10-13H,7-9H2,1-4H3,(H,24,27). The van der Waals surface area contributed by atoms with Gasteiger partial charge in [-0.1, -0.05) is 11.6 Å². The van der Waals surface area contributed by atoms with E-state index in [2.05, 4.69) is 5.32 Å². The molecule has 1 aliphatic heterocycles. The molecular weight excluding hydrogens is 456 g/mol. The molecule has 0 saturated heterocycles. The van der Waals surface area contributed by atoms with Crippen LogP contribution in [0.2, 0.25) is 5.02 Å². The SMILES string of the molecule is COc1cc(OC)c(NC(=O)CC(C)S(=O)(=O)c2ccc3c(c2)CCN3C(C)=O)cc1Cl. The summed E-state index contributed by atoms with van der Waals surface area (Å²) in [5, 5.41) is 1.97. The Labute approximate surface area is 192 Å². The maximum atomic E-state index is 13.1. The van der Waals surface area contributed by atoms with Crippen molar-refractivity contribution in [1.82, 2.24) is 0 Å². The molecule has 0 bridgehead atoms. The third-order valence-corrected chi connectivity index (χ3v) is 7.84. The number of fused-ring (bicyclic) bond motifs is 1. The molecule has 1 unspecified atom stereocenters. The monoisotopic (exact) mass is 480 g/mol. The van der Waals surface area contributed by atoms with Crippen LogP contribution in [-0.4, -0.2) is 46.2 Å². The first kappa shape index (κ1) is 23.9. The molecule has 0 aliphatic carbocycles. The van der Waals surface area contributed by atoms with Gasteiger partial charge in [0.1, 0.15) is 11.5 Å². The number of carbonyl (C=O) groups is 2. The number of amides is 2. The molecule has 0 saturated carbocycles. The smallest absolute Gasteiger partial charge is 0.225 e. The quantitative estimate of drug-likeness (QED) is 0.651. The van der Waals surface area contributed by atoms with E-state index >= 15 is 0 Å². The van der Waals surface area contributed by atoms with Gasteiger partial charge in [-0.2, -0.15) is 0 Å². The summed E-state index contributed by atoms with van der Waals surface area (Å²) in [6.07, 6.45) is 0.330. The van der Waals surface area contributed by atoms with Gasteiger partial charge < -0.3 is 19.7 Å². The van der Waals surface area contributed by atoms with Crippen LogP contribution in [0, 0.1) is 0 Å². The summed E-state index contributed by atoms with van der Waals surface area (Å²) >= 11 is 6.12. The first-order valence-electron chi connectivity index (χ1n) is 9.94. The molecule has 0 aromatic heterocycles. The Kier molecular flexibility index (Phi) is 7.00. The molecule has 2 amide bonds. The maximum Gasteiger partial charge on any atom is 0.225 e. The van der Waals surface area contributed by atoms with Gasteiger partial charge in [0.2, 0.25) is 11.8 Å². The van der Waals surface area contributed by atoms with Crippen molar-refractivity contribution in [2.24, 2.45) is 0 Å². The number of nitrogens with zero attached hydrogens (tertiary/aromatic N) is 1. The van der Waals surface area contributed by atoms with Crippen molar-refractivity contribution in [3.8, 4) is 11.5 Å².